The third kappa shape index (κ3) is 2.44. The van der Waals surface area contributed by atoms with Crippen LogP contribution in [0, 0.1) is 0 Å². The van der Waals surface area contributed by atoms with Gasteiger partial charge in [0.1, 0.15) is 5.82 Å². The number of ether oxygens (including phenoxy) is 2. The summed E-state index contributed by atoms with van der Waals surface area (Å²) in [5.41, 5.74) is 0.606. The predicted octanol–water partition coefficient (Wildman–Crippen LogP) is 1.09. The van der Waals surface area contributed by atoms with Crippen molar-refractivity contribution in [1.29, 1.82) is 0 Å². The van der Waals surface area contributed by atoms with Crippen molar-refractivity contribution >= 4 is 5.91 Å². The summed E-state index contributed by atoms with van der Waals surface area (Å²) in [6.45, 7) is 3.09. The van der Waals surface area contributed by atoms with Crippen LogP contribution in [0.25, 0.3) is 0 Å². The Morgan fingerprint density at radius 3 is 3.00 bits per heavy atom. The maximum Gasteiger partial charge on any atom is 0.254 e. The van der Waals surface area contributed by atoms with Crippen molar-refractivity contribution in [3.8, 4) is 11.5 Å². The summed E-state index contributed by atoms with van der Waals surface area (Å²) in [7, 11) is 0. The first kappa shape index (κ1) is 14.7. The van der Waals surface area contributed by atoms with Crippen molar-refractivity contribution in [2.75, 3.05) is 19.9 Å². The third-order valence-electron chi connectivity index (χ3n) is 5.06. The van der Waals surface area contributed by atoms with Crippen molar-refractivity contribution in [3.63, 3.8) is 0 Å². The molecule has 8 heteroatoms. The molecule has 0 bridgehead atoms. The molecule has 1 aromatic heterocycles. The summed E-state index contributed by atoms with van der Waals surface area (Å²) < 4.78 is 12.8. The number of carbonyl (C=O) groups is 1. The van der Waals surface area contributed by atoms with E-state index in [4.69, 9.17) is 9.47 Å². The number of hydrogen-bond donors (Lipinski definition) is 1. The molecule has 8 nitrogen and oxygen atoms in total. The second-order valence-corrected chi connectivity index (χ2v) is 6.57. The molecular weight excluding hydrogens is 322 g/mol. The molecule has 0 radical (unpaired) electrons. The Labute approximate surface area is 144 Å². The lowest BCUT2D eigenvalue weighted by atomic mass is 10.1. The average Bonchev–Trinajstić information content (AvgIpc) is 3.38. The van der Waals surface area contributed by atoms with Crippen molar-refractivity contribution in [2.45, 2.75) is 32.0 Å². The Balaban J connectivity index is 1.36. The molecule has 4 heterocycles. The predicted molar refractivity (Wildman–Crippen MR) is 87.3 cm³/mol. The summed E-state index contributed by atoms with van der Waals surface area (Å²) in [5.74, 6) is 3.14. The van der Waals surface area contributed by atoms with Crippen LogP contribution in [0.4, 0.5) is 0 Å². The van der Waals surface area contributed by atoms with Crippen molar-refractivity contribution in [2.24, 2.45) is 0 Å². The van der Waals surface area contributed by atoms with Crippen LogP contribution >= 0.6 is 0 Å². The van der Waals surface area contributed by atoms with Gasteiger partial charge in [0, 0.05) is 18.7 Å². The van der Waals surface area contributed by atoms with Gasteiger partial charge in [0.15, 0.2) is 17.3 Å². The van der Waals surface area contributed by atoms with E-state index in [-0.39, 0.29) is 18.7 Å². The lowest BCUT2D eigenvalue weighted by Crippen LogP contribution is -2.39. The molecular formula is C17H19N5O3. The summed E-state index contributed by atoms with van der Waals surface area (Å²) in [4.78, 5) is 14.6. The largest absolute Gasteiger partial charge is 0.454 e. The van der Waals surface area contributed by atoms with E-state index in [0.717, 1.165) is 31.2 Å². The first-order valence-electron chi connectivity index (χ1n) is 8.64. The molecule has 0 aliphatic carbocycles. The zero-order valence-corrected chi connectivity index (χ0v) is 13.8. The number of nitrogens with one attached hydrogen (secondary N) is 1. The average molecular weight is 341 g/mol. The summed E-state index contributed by atoms with van der Waals surface area (Å²) in [6.07, 6.45) is 2.26. The molecule has 0 saturated carbocycles. The minimum Gasteiger partial charge on any atom is -0.454 e. The Morgan fingerprint density at radius 1 is 1.20 bits per heavy atom. The summed E-state index contributed by atoms with van der Waals surface area (Å²) >= 11 is 0. The van der Waals surface area contributed by atoms with Gasteiger partial charge in [0.2, 0.25) is 6.79 Å². The second-order valence-electron chi connectivity index (χ2n) is 6.57. The summed E-state index contributed by atoms with van der Waals surface area (Å²) in [6, 6.07) is 5.60. The molecule has 1 N–H and O–H groups in total. The van der Waals surface area contributed by atoms with Crippen molar-refractivity contribution in [3.05, 3.63) is 35.4 Å². The van der Waals surface area contributed by atoms with Gasteiger partial charge in [0.05, 0.1) is 12.6 Å². The zero-order valence-electron chi connectivity index (χ0n) is 13.8. The SMILES string of the molecule is O=C(c1ccc2c(c1)OCO2)N1CCn2c(nnc2C2CCCN2)C1. The van der Waals surface area contributed by atoms with E-state index >= 15 is 0 Å². The Morgan fingerprint density at radius 2 is 2.12 bits per heavy atom. The molecule has 1 amide bonds. The van der Waals surface area contributed by atoms with Gasteiger partial charge in [-0.1, -0.05) is 0 Å². The highest BCUT2D eigenvalue weighted by molar-refractivity contribution is 5.95. The monoisotopic (exact) mass is 341 g/mol. The third-order valence-corrected chi connectivity index (χ3v) is 5.06. The van der Waals surface area contributed by atoms with Crippen LogP contribution in [-0.4, -0.2) is 45.5 Å². The zero-order chi connectivity index (χ0) is 16.8. The number of carbonyl (C=O) groups excluding carboxylic acids is 1. The minimum atomic E-state index is -0.0203. The number of amides is 1. The highest BCUT2D eigenvalue weighted by Crippen LogP contribution is 2.33. The first-order valence-corrected chi connectivity index (χ1v) is 8.64. The quantitative estimate of drug-likeness (QED) is 0.881. The van der Waals surface area contributed by atoms with E-state index in [1.807, 2.05) is 4.90 Å². The normalized spacial score (nSPS) is 21.4. The summed E-state index contributed by atoms with van der Waals surface area (Å²) in [5, 5.41) is 12.2. The molecule has 1 atom stereocenters. The van der Waals surface area contributed by atoms with Crippen LogP contribution in [0.5, 0.6) is 11.5 Å². The molecule has 2 aromatic rings. The standard InChI is InChI=1S/C17H19N5O3/c23-17(11-3-4-13-14(8-11)25-10-24-13)21-6-7-22-15(9-21)19-20-16(22)12-2-1-5-18-12/h3-4,8,12,18H,1-2,5-7,9-10H2. The van der Waals surface area contributed by atoms with Gasteiger partial charge in [-0.2, -0.15) is 0 Å². The molecule has 1 saturated heterocycles. The highest BCUT2D eigenvalue weighted by atomic mass is 16.7. The lowest BCUT2D eigenvalue weighted by Gasteiger charge is -2.28. The van der Waals surface area contributed by atoms with E-state index in [2.05, 4.69) is 20.1 Å². The smallest absolute Gasteiger partial charge is 0.254 e. The van der Waals surface area contributed by atoms with Gasteiger partial charge in [0.25, 0.3) is 5.91 Å². The molecule has 3 aliphatic heterocycles. The van der Waals surface area contributed by atoms with Crippen LogP contribution < -0.4 is 14.8 Å². The highest BCUT2D eigenvalue weighted by Gasteiger charge is 2.29. The second kappa shape index (κ2) is 5.73. The fraction of sp³-hybridized carbons (Fsp3) is 0.471. The van der Waals surface area contributed by atoms with Gasteiger partial charge in [-0.05, 0) is 37.6 Å². The number of benzene rings is 1. The van der Waals surface area contributed by atoms with Gasteiger partial charge in [-0.15, -0.1) is 10.2 Å². The van der Waals surface area contributed by atoms with E-state index in [1.165, 1.54) is 6.42 Å². The Bertz CT molecular complexity index is 828. The molecule has 1 aromatic carbocycles. The molecule has 25 heavy (non-hydrogen) atoms. The van der Waals surface area contributed by atoms with Gasteiger partial charge in [-0.3, -0.25) is 4.79 Å². The molecule has 0 spiro atoms. The maximum absolute atomic E-state index is 12.8. The van der Waals surface area contributed by atoms with Gasteiger partial charge in [-0.25, -0.2) is 0 Å². The van der Waals surface area contributed by atoms with E-state index in [9.17, 15) is 4.79 Å². The van der Waals surface area contributed by atoms with Gasteiger partial charge >= 0.3 is 0 Å². The molecule has 1 unspecified atom stereocenters. The van der Waals surface area contributed by atoms with E-state index in [0.29, 0.717) is 30.2 Å². The molecule has 1 fully saturated rings. The van der Waals surface area contributed by atoms with Crippen LogP contribution in [0.2, 0.25) is 0 Å². The van der Waals surface area contributed by atoms with Crippen LogP contribution in [0.3, 0.4) is 0 Å². The minimum absolute atomic E-state index is 0.0203. The number of rotatable bonds is 2. The van der Waals surface area contributed by atoms with Crippen LogP contribution in [-0.2, 0) is 13.1 Å². The first-order chi connectivity index (χ1) is 12.3. The van der Waals surface area contributed by atoms with Crippen molar-refractivity contribution < 1.29 is 14.3 Å². The molecule has 3 aliphatic rings. The van der Waals surface area contributed by atoms with Crippen LogP contribution in [0.15, 0.2) is 18.2 Å². The maximum atomic E-state index is 12.8. The van der Waals surface area contributed by atoms with Gasteiger partial charge < -0.3 is 24.3 Å². The van der Waals surface area contributed by atoms with Crippen molar-refractivity contribution in [1.82, 2.24) is 25.0 Å². The van der Waals surface area contributed by atoms with Crippen LogP contribution in [0.1, 0.15) is 40.9 Å². The Kier molecular flexibility index (Phi) is 3.37. The number of nitrogens with zero attached hydrogens (tertiary/aromatic N) is 4. The Hall–Kier alpha value is -2.61. The number of hydrogen-bond acceptors (Lipinski definition) is 6. The number of aromatic nitrogens is 3. The molecule has 5 rings (SSSR count). The topological polar surface area (TPSA) is 81.5 Å². The fourth-order valence-electron chi connectivity index (χ4n) is 3.73. The molecule has 130 valence electrons. The lowest BCUT2D eigenvalue weighted by molar-refractivity contribution is 0.0705. The number of fused-ring (bicyclic) bond motifs is 2. The van der Waals surface area contributed by atoms with E-state index < -0.39 is 0 Å². The van der Waals surface area contributed by atoms with E-state index in [1.54, 1.807) is 18.2 Å². The fourth-order valence-corrected chi connectivity index (χ4v) is 3.73.